The van der Waals surface area contributed by atoms with E-state index in [9.17, 15) is 13.6 Å². The summed E-state index contributed by atoms with van der Waals surface area (Å²) in [6.45, 7) is 1.42. The summed E-state index contributed by atoms with van der Waals surface area (Å²) < 4.78 is 37.5. The van der Waals surface area contributed by atoms with Gasteiger partial charge in [-0.2, -0.15) is 0 Å². The van der Waals surface area contributed by atoms with Gasteiger partial charge in [-0.25, -0.2) is 8.78 Å². The van der Waals surface area contributed by atoms with E-state index in [0.29, 0.717) is 24.5 Å². The first kappa shape index (κ1) is 13.6. The van der Waals surface area contributed by atoms with Crippen LogP contribution in [0.25, 0.3) is 0 Å². The molecule has 0 aliphatic carbocycles. The topological polar surface area (TPSA) is 55.8 Å². The largest absolute Gasteiger partial charge is 0.486 e. The standard InChI is InChI=1S/C13H14F2O4/c1-13(14,15)9-6-8(2-3-11(16)17)12-10(7-9)18-4-5-19-12/h6-7H,2-5H2,1H3,(H,16,17). The summed E-state index contributed by atoms with van der Waals surface area (Å²) in [4.78, 5) is 10.6. The van der Waals surface area contributed by atoms with Gasteiger partial charge >= 0.3 is 5.97 Å². The number of benzene rings is 1. The lowest BCUT2D eigenvalue weighted by Crippen LogP contribution is -2.18. The third kappa shape index (κ3) is 3.13. The van der Waals surface area contributed by atoms with E-state index in [1.54, 1.807) is 0 Å². The van der Waals surface area contributed by atoms with Crippen LogP contribution in [0, 0.1) is 0 Å². The summed E-state index contributed by atoms with van der Waals surface area (Å²) in [6, 6.07) is 2.54. The molecule has 0 fully saturated rings. The number of alkyl halides is 2. The Morgan fingerprint density at radius 1 is 1.37 bits per heavy atom. The molecule has 19 heavy (non-hydrogen) atoms. The molecule has 0 saturated carbocycles. The van der Waals surface area contributed by atoms with Crippen molar-refractivity contribution in [3.05, 3.63) is 23.3 Å². The van der Waals surface area contributed by atoms with Crippen molar-refractivity contribution in [2.75, 3.05) is 13.2 Å². The third-order valence-corrected chi connectivity index (χ3v) is 2.83. The molecule has 1 aromatic carbocycles. The van der Waals surface area contributed by atoms with Crippen LogP contribution in [0.4, 0.5) is 8.78 Å². The summed E-state index contributed by atoms with van der Waals surface area (Å²) in [7, 11) is 0. The fourth-order valence-electron chi connectivity index (χ4n) is 1.91. The van der Waals surface area contributed by atoms with Gasteiger partial charge in [-0.1, -0.05) is 0 Å². The first-order valence-corrected chi connectivity index (χ1v) is 5.90. The molecule has 104 valence electrons. The fourth-order valence-corrected chi connectivity index (χ4v) is 1.91. The van der Waals surface area contributed by atoms with E-state index in [2.05, 4.69) is 0 Å². The van der Waals surface area contributed by atoms with Gasteiger partial charge in [0.2, 0.25) is 0 Å². The van der Waals surface area contributed by atoms with Crippen LogP contribution in [0.3, 0.4) is 0 Å². The van der Waals surface area contributed by atoms with Gasteiger partial charge in [-0.15, -0.1) is 0 Å². The minimum Gasteiger partial charge on any atom is -0.486 e. The van der Waals surface area contributed by atoms with Crippen molar-refractivity contribution in [1.29, 1.82) is 0 Å². The highest BCUT2D eigenvalue weighted by Crippen LogP contribution is 2.40. The van der Waals surface area contributed by atoms with E-state index in [1.807, 2.05) is 0 Å². The zero-order valence-corrected chi connectivity index (χ0v) is 10.4. The minimum atomic E-state index is -3.01. The van der Waals surface area contributed by atoms with Crippen molar-refractivity contribution in [3.8, 4) is 11.5 Å². The lowest BCUT2D eigenvalue weighted by atomic mass is 10.0. The number of halogens is 2. The van der Waals surface area contributed by atoms with Crippen molar-refractivity contribution in [3.63, 3.8) is 0 Å². The summed E-state index contributed by atoms with van der Waals surface area (Å²) in [5.74, 6) is -3.36. The lowest BCUT2D eigenvalue weighted by Gasteiger charge is -2.23. The fraction of sp³-hybridized carbons (Fsp3) is 0.462. The molecule has 1 aliphatic rings. The van der Waals surface area contributed by atoms with Crippen molar-refractivity contribution in [2.45, 2.75) is 25.7 Å². The molecular formula is C13H14F2O4. The first-order chi connectivity index (χ1) is 8.88. The van der Waals surface area contributed by atoms with Gasteiger partial charge in [-0.3, -0.25) is 4.79 Å². The summed E-state index contributed by atoms with van der Waals surface area (Å²) in [5.41, 5.74) is 0.244. The SMILES string of the molecule is CC(F)(F)c1cc(CCC(=O)O)c2c(c1)OCCO2. The second-order valence-electron chi connectivity index (χ2n) is 4.44. The van der Waals surface area contributed by atoms with Gasteiger partial charge < -0.3 is 14.6 Å². The molecule has 1 N–H and O–H groups in total. The maximum absolute atomic E-state index is 13.4. The van der Waals surface area contributed by atoms with Crippen LogP contribution in [0.1, 0.15) is 24.5 Å². The van der Waals surface area contributed by atoms with Crippen molar-refractivity contribution >= 4 is 5.97 Å². The Morgan fingerprint density at radius 3 is 2.68 bits per heavy atom. The molecule has 1 aliphatic heterocycles. The molecule has 0 aromatic heterocycles. The molecule has 0 unspecified atom stereocenters. The Morgan fingerprint density at radius 2 is 2.05 bits per heavy atom. The molecule has 2 rings (SSSR count). The van der Waals surface area contributed by atoms with E-state index < -0.39 is 11.9 Å². The molecule has 1 heterocycles. The van der Waals surface area contributed by atoms with E-state index in [4.69, 9.17) is 14.6 Å². The average Bonchev–Trinajstić information content (AvgIpc) is 2.34. The second-order valence-corrected chi connectivity index (χ2v) is 4.44. The zero-order valence-electron chi connectivity index (χ0n) is 10.4. The molecule has 0 radical (unpaired) electrons. The van der Waals surface area contributed by atoms with E-state index in [0.717, 1.165) is 6.92 Å². The summed E-state index contributed by atoms with van der Waals surface area (Å²) >= 11 is 0. The second kappa shape index (κ2) is 5.03. The predicted molar refractivity (Wildman–Crippen MR) is 63.0 cm³/mol. The molecule has 0 spiro atoms. The van der Waals surface area contributed by atoms with Gasteiger partial charge in [0.05, 0.1) is 0 Å². The van der Waals surface area contributed by atoms with Crippen LogP contribution in [0.5, 0.6) is 11.5 Å². The number of rotatable bonds is 4. The van der Waals surface area contributed by atoms with Crippen LogP contribution in [-0.2, 0) is 17.1 Å². The van der Waals surface area contributed by atoms with Crippen LogP contribution < -0.4 is 9.47 Å². The number of hydrogen-bond acceptors (Lipinski definition) is 3. The predicted octanol–water partition coefficient (Wildman–Crippen LogP) is 2.59. The van der Waals surface area contributed by atoms with Crippen molar-refractivity contribution in [1.82, 2.24) is 0 Å². The summed E-state index contributed by atoms with van der Waals surface area (Å²) in [6.07, 6.45) is -0.0144. The highest BCUT2D eigenvalue weighted by atomic mass is 19.3. The number of carbonyl (C=O) groups is 1. The number of ether oxygens (including phenoxy) is 2. The van der Waals surface area contributed by atoms with Crippen molar-refractivity contribution < 1.29 is 28.2 Å². The Hall–Kier alpha value is -1.85. The highest BCUT2D eigenvalue weighted by molar-refractivity contribution is 5.67. The van der Waals surface area contributed by atoms with E-state index in [1.165, 1.54) is 12.1 Å². The Kier molecular flexibility index (Phi) is 3.59. The van der Waals surface area contributed by atoms with Crippen LogP contribution in [-0.4, -0.2) is 24.3 Å². The van der Waals surface area contributed by atoms with Gasteiger partial charge in [0.15, 0.2) is 11.5 Å². The lowest BCUT2D eigenvalue weighted by molar-refractivity contribution is -0.136. The normalized spacial score (nSPS) is 14.3. The van der Waals surface area contributed by atoms with Gasteiger partial charge in [0, 0.05) is 18.9 Å². The van der Waals surface area contributed by atoms with Gasteiger partial charge in [0.25, 0.3) is 5.92 Å². The Bertz CT molecular complexity index is 494. The highest BCUT2D eigenvalue weighted by Gasteiger charge is 2.28. The van der Waals surface area contributed by atoms with Crippen LogP contribution >= 0.6 is 0 Å². The number of carboxylic acid groups (broad SMARTS) is 1. The maximum atomic E-state index is 13.4. The number of carboxylic acids is 1. The smallest absolute Gasteiger partial charge is 0.303 e. The average molecular weight is 272 g/mol. The number of fused-ring (bicyclic) bond motifs is 1. The van der Waals surface area contributed by atoms with Crippen LogP contribution in [0.2, 0.25) is 0 Å². The van der Waals surface area contributed by atoms with E-state index in [-0.39, 0.29) is 24.2 Å². The van der Waals surface area contributed by atoms with Gasteiger partial charge in [-0.05, 0) is 24.1 Å². The molecule has 0 atom stereocenters. The Labute approximate surface area is 108 Å². The van der Waals surface area contributed by atoms with Crippen molar-refractivity contribution in [2.24, 2.45) is 0 Å². The number of hydrogen-bond donors (Lipinski definition) is 1. The quantitative estimate of drug-likeness (QED) is 0.915. The molecular weight excluding hydrogens is 258 g/mol. The minimum absolute atomic E-state index is 0.130. The first-order valence-electron chi connectivity index (χ1n) is 5.90. The molecule has 0 amide bonds. The molecule has 0 saturated heterocycles. The molecule has 1 aromatic rings. The molecule has 4 nitrogen and oxygen atoms in total. The third-order valence-electron chi connectivity index (χ3n) is 2.83. The van der Waals surface area contributed by atoms with E-state index >= 15 is 0 Å². The zero-order chi connectivity index (χ0) is 14.0. The summed E-state index contributed by atoms with van der Waals surface area (Å²) in [5, 5.41) is 8.69. The number of aryl methyl sites for hydroxylation is 1. The monoisotopic (exact) mass is 272 g/mol. The number of aliphatic carboxylic acids is 1. The maximum Gasteiger partial charge on any atom is 0.303 e. The molecule has 0 bridgehead atoms. The van der Waals surface area contributed by atoms with Gasteiger partial charge in [0.1, 0.15) is 13.2 Å². The van der Waals surface area contributed by atoms with Crippen LogP contribution in [0.15, 0.2) is 12.1 Å². The molecule has 6 heteroatoms. The Balaban J connectivity index is 2.40.